The molecule has 0 aromatic heterocycles. The summed E-state index contributed by atoms with van der Waals surface area (Å²) in [5, 5.41) is 0. The number of hydrogen-bond donors (Lipinski definition) is 0. The van der Waals surface area contributed by atoms with Gasteiger partial charge in [0.2, 0.25) is 0 Å². The molecule has 0 atom stereocenters. The van der Waals surface area contributed by atoms with Crippen LogP contribution >= 0.6 is 0 Å². The molecule has 0 radical (unpaired) electrons. The van der Waals surface area contributed by atoms with Crippen LogP contribution in [-0.4, -0.2) is 12.4 Å². The number of carbonyl (C=O) groups is 1. The summed E-state index contributed by atoms with van der Waals surface area (Å²) in [6.07, 6.45) is 0.551. The third kappa shape index (κ3) is 2.99. The Labute approximate surface area is 111 Å². The van der Waals surface area contributed by atoms with Crippen molar-refractivity contribution >= 4 is 6.29 Å². The zero-order valence-corrected chi connectivity index (χ0v) is 10.9. The van der Waals surface area contributed by atoms with E-state index in [0.29, 0.717) is 17.6 Å². The first-order valence-electron chi connectivity index (χ1n) is 6.12. The molecule has 2 nitrogen and oxygen atoms in total. The minimum atomic E-state index is -0.521. The average molecular weight is 258 g/mol. The van der Waals surface area contributed by atoms with Crippen molar-refractivity contribution in [1.29, 1.82) is 0 Å². The van der Waals surface area contributed by atoms with Crippen LogP contribution in [0.2, 0.25) is 0 Å². The van der Waals surface area contributed by atoms with E-state index in [1.165, 1.54) is 12.1 Å². The first kappa shape index (κ1) is 13.3. The van der Waals surface area contributed by atoms with Gasteiger partial charge in [-0.2, -0.15) is 0 Å². The van der Waals surface area contributed by atoms with Gasteiger partial charge in [-0.1, -0.05) is 24.3 Å². The fourth-order valence-corrected chi connectivity index (χ4v) is 1.85. The fraction of sp³-hybridized carbons (Fsp3) is 0.188. The summed E-state index contributed by atoms with van der Waals surface area (Å²) in [6.45, 7) is 3.87. The first-order valence-corrected chi connectivity index (χ1v) is 6.12. The topological polar surface area (TPSA) is 26.3 Å². The van der Waals surface area contributed by atoms with E-state index in [1.54, 1.807) is 6.07 Å². The largest absolute Gasteiger partial charge is 0.490 e. The van der Waals surface area contributed by atoms with Crippen LogP contribution in [-0.2, 0) is 0 Å². The lowest BCUT2D eigenvalue weighted by molar-refractivity contribution is 0.112. The number of aldehydes is 1. The molecule has 0 unspecified atom stereocenters. The van der Waals surface area contributed by atoms with Gasteiger partial charge in [-0.05, 0) is 37.6 Å². The van der Waals surface area contributed by atoms with Gasteiger partial charge in [-0.3, -0.25) is 4.79 Å². The number of rotatable bonds is 4. The second kappa shape index (κ2) is 5.65. The van der Waals surface area contributed by atoms with Gasteiger partial charge in [-0.25, -0.2) is 4.39 Å². The molecule has 0 N–H and O–H groups in total. The van der Waals surface area contributed by atoms with E-state index in [-0.39, 0.29) is 11.7 Å². The number of para-hydroxylation sites is 1. The van der Waals surface area contributed by atoms with Crippen LogP contribution in [0.15, 0.2) is 42.5 Å². The Morgan fingerprint density at radius 1 is 1.16 bits per heavy atom. The van der Waals surface area contributed by atoms with Gasteiger partial charge in [0, 0.05) is 5.56 Å². The van der Waals surface area contributed by atoms with Gasteiger partial charge < -0.3 is 4.74 Å². The van der Waals surface area contributed by atoms with E-state index < -0.39 is 5.82 Å². The molecule has 0 saturated carbocycles. The highest BCUT2D eigenvalue weighted by molar-refractivity contribution is 5.78. The van der Waals surface area contributed by atoms with Gasteiger partial charge in [0.15, 0.2) is 6.29 Å². The first-order chi connectivity index (χ1) is 9.11. The molecular formula is C16H15FO2. The summed E-state index contributed by atoms with van der Waals surface area (Å²) in [5.74, 6) is 0.183. The monoisotopic (exact) mass is 258 g/mol. The highest BCUT2D eigenvalue weighted by Crippen LogP contribution is 2.31. The Kier molecular flexibility index (Phi) is 3.95. The van der Waals surface area contributed by atoms with Gasteiger partial charge >= 0.3 is 0 Å². The molecule has 0 fully saturated rings. The number of ether oxygens (including phenoxy) is 1. The van der Waals surface area contributed by atoms with E-state index in [4.69, 9.17) is 4.74 Å². The minimum Gasteiger partial charge on any atom is -0.490 e. The van der Waals surface area contributed by atoms with E-state index in [0.717, 1.165) is 5.56 Å². The molecule has 0 saturated heterocycles. The molecule has 0 spiro atoms. The van der Waals surface area contributed by atoms with Gasteiger partial charge in [0.25, 0.3) is 0 Å². The lowest BCUT2D eigenvalue weighted by atomic mass is 10.0. The molecule has 2 aromatic carbocycles. The summed E-state index contributed by atoms with van der Waals surface area (Å²) in [7, 11) is 0. The summed E-state index contributed by atoms with van der Waals surface area (Å²) in [4.78, 5) is 10.6. The molecular weight excluding hydrogens is 243 g/mol. The highest BCUT2D eigenvalue weighted by atomic mass is 19.1. The van der Waals surface area contributed by atoms with Crippen LogP contribution in [0.25, 0.3) is 11.1 Å². The molecule has 3 heteroatoms. The van der Waals surface area contributed by atoms with Gasteiger partial charge in [-0.15, -0.1) is 0 Å². The Hall–Kier alpha value is -2.16. The zero-order valence-electron chi connectivity index (χ0n) is 10.9. The van der Waals surface area contributed by atoms with Crippen molar-refractivity contribution < 1.29 is 13.9 Å². The van der Waals surface area contributed by atoms with E-state index in [2.05, 4.69) is 0 Å². The van der Waals surface area contributed by atoms with Crippen LogP contribution in [0.3, 0.4) is 0 Å². The molecule has 0 aliphatic heterocycles. The lowest BCUT2D eigenvalue weighted by Crippen LogP contribution is -2.06. The predicted octanol–water partition coefficient (Wildman–Crippen LogP) is 4.09. The van der Waals surface area contributed by atoms with Crippen LogP contribution in [0.5, 0.6) is 5.75 Å². The maximum absolute atomic E-state index is 13.7. The second-order valence-electron chi connectivity index (χ2n) is 4.52. The van der Waals surface area contributed by atoms with Crippen LogP contribution in [0.1, 0.15) is 24.2 Å². The summed E-state index contributed by atoms with van der Waals surface area (Å²) in [5.41, 5.74) is 1.57. The van der Waals surface area contributed by atoms with Gasteiger partial charge in [0.05, 0.1) is 11.7 Å². The van der Waals surface area contributed by atoms with Crippen LogP contribution < -0.4 is 4.74 Å². The lowest BCUT2D eigenvalue weighted by Gasteiger charge is -2.14. The number of hydrogen-bond acceptors (Lipinski definition) is 2. The van der Waals surface area contributed by atoms with Crippen molar-refractivity contribution in [3.8, 4) is 16.9 Å². The molecule has 0 bridgehead atoms. The molecule has 98 valence electrons. The normalized spacial score (nSPS) is 10.5. The molecule has 0 aliphatic rings. The van der Waals surface area contributed by atoms with Crippen molar-refractivity contribution in [2.45, 2.75) is 20.0 Å². The smallest absolute Gasteiger partial charge is 0.152 e. The molecule has 19 heavy (non-hydrogen) atoms. The standard InChI is InChI=1S/C16H15FO2/c1-11(2)19-16-6-4-3-5-14(16)12-7-8-13(10-18)15(17)9-12/h3-11H,1-2H3. The second-order valence-corrected chi connectivity index (χ2v) is 4.52. The molecule has 0 heterocycles. The summed E-state index contributed by atoms with van der Waals surface area (Å²) < 4.78 is 19.4. The van der Waals surface area contributed by atoms with Crippen molar-refractivity contribution in [2.75, 3.05) is 0 Å². The third-order valence-corrected chi connectivity index (χ3v) is 2.69. The Balaban J connectivity index is 2.46. The van der Waals surface area contributed by atoms with E-state index in [9.17, 15) is 9.18 Å². The number of carbonyl (C=O) groups excluding carboxylic acids is 1. The van der Waals surface area contributed by atoms with E-state index >= 15 is 0 Å². The van der Waals surface area contributed by atoms with Crippen molar-refractivity contribution in [3.63, 3.8) is 0 Å². The number of benzene rings is 2. The third-order valence-electron chi connectivity index (χ3n) is 2.69. The summed E-state index contributed by atoms with van der Waals surface area (Å²) >= 11 is 0. The van der Waals surface area contributed by atoms with Gasteiger partial charge in [0.1, 0.15) is 11.6 Å². The van der Waals surface area contributed by atoms with Crippen molar-refractivity contribution in [1.82, 2.24) is 0 Å². The van der Waals surface area contributed by atoms with Crippen molar-refractivity contribution in [3.05, 3.63) is 53.8 Å². The average Bonchev–Trinajstić information content (AvgIpc) is 2.38. The SMILES string of the molecule is CC(C)Oc1ccccc1-c1ccc(C=O)c(F)c1. The fourth-order valence-electron chi connectivity index (χ4n) is 1.85. The van der Waals surface area contributed by atoms with Crippen LogP contribution in [0.4, 0.5) is 4.39 Å². The predicted molar refractivity (Wildman–Crippen MR) is 73.0 cm³/mol. The minimum absolute atomic E-state index is 0.0419. The maximum Gasteiger partial charge on any atom is 0.152 e. The Bertz CT molecular complexity index is 591. The highest BCUT2D eigenvalue weighted by Gasteiger charge is 2.09. The molecule has 0 amide bonds. The molecule has 2 aromatic rings. The molecule has 0 aliphatic carbocycles. The zero-order chi connectivity index (χ0) is 13.8. The van der Waals surface area contributed by atoms with Crippen LogP contribution in [0, 0.1) is 5.82 Å². The summed E-state index contributed by atoms with van der Waals surface area (Å²) in [6, 6.07) is 12.0. The molecule has 2 rings (SSSR count). The Morgan fingerprint density at radius 2 is 1.89 bits per heavy atom. The quantitative estimate of drug-likeness (QED) is 0.772. The number of halogens is 1. The van der Waals surface area contributed by atoms with E-state index in [1.807, 2.05) is 38.1 Å². The maximum atomic E-state index is 13.7. The Morgan fingerprint density at radius 3 is 2.53 bits per heavy atom. The van der Waals surface area contributed by atoms with Crippen molar-refractivity contribution in [2.24, 2.45) is 0 Å².